The first kappa shape index (κ1) is 12.6. The fourth-order valence-corrected chi connectivity index (χ4v) is 3.33. The molecule has 0 amide bonds. The lowest BCUT2D eigenvalue weighted by atomic mass is 9.99. The smallest absolute Gasteiger partial charge is 0.142 e. The maximum absolute atomic E-state index is 5.93. The summed E-state index contributed by atoms with van der Waals surface area (Å²) in [7, 11) is 1.73. The molecule has 1 aromatic carbocycles. The first-order valence-electron chi connectivity index (χ1n) is 7.20. The van der Waals surface area contributed by atoms with Crippen LogP contribution >= 0.6 is 0 Å². The van der Waals surface area contributed by atoms with E-state index in [0.717, 1.165) is 36.8 Å². The zero-order valence-corrected chi connectivity index (χ0v) is 11.6. The molecular formula is C15H23N3O. The number of piperidine rings is 1. The second-order valence-corrected chi connectivity index (χ2v) is 5.56. The minimum atomic E-state index is 0.702. The van der Waals surface area contributed by atoms with Crippen molar-refractivity contribution in [3.63, 3.8) is 0 Å². The van der Waals surface area contributed by atoms with Crippen molar-refractivity contribution in [3.05, 3.63) is 18.2 Å². The molecule has 0 aromatic heterocycles. The van der Waals surface area contributed by atoms with E-state index in [1.54, 1.807) is 7.11 Å². The highest BCUT2D eigenvalue weighted by Gasteiger charge is 2.29. The van der Waals surface area contributed by atoms with Crippen molar-refractivity contribution in [2.75, 3.05) is 43.9 Å². The van der Waals surface area contributed by atoms with E-state index in [1.807, 2.05) is 18.2 Å². The minimum Gasteiger partial charge on any atom is -0.495 e. The van der Waals surface area contributed by atoms with E-state index in [-0.39, 0.29) is 0 Å². The Morgan fingerprint density at radius 2 is 2.11 bits per heavy atom. The van der Waals surface area contributed by atoms with Gasteiger partial charge >= 0.3 is 0 Å². The van der Waals surface area contributed by atoms with E-state index in [1.165, 1.54) is 25.8 Å². The van der Waals surface area contributed by atoms with Crippen LogP contribution in [0.5, 0.6) is 5.75 Å². The predicted molar refractivity (Wildman–Crippen MR) is 78.8 cm³/mol. The Balaban J connectivity index is 1.80. The van der Waals surface area contributed by atoms with E-state index in [9.17, 15) is 0 Å². The number of rotatable bonds is 2. The number of nitrogens with two attached hydrogens (primary N) is 1. The first-order valence-corrected chi connectivity index (χ1v) is 7.20. The van der Waals surface area contributed by atoms with E-state index in [2.05, 4.69) is 9.80 Å². The average Bonchev–Trinajstić information content (AvgIpc) is 2.46. The molecule has 2 saturated heterocycles. The summed E-state index contributed by atoms with van der Waals surface area (Å²) >= 11 is 0. The van der Waals surface area contributed by atoms with Crippen LogP contribution < -0.4 is 15.4 Å². The number of nitrogen functional groups attached to an aromatic ring is 1. The highest BCUT2D eigenvalue weighted by atomic mass is 16.5. The van der Waals surface area contributed by atoms with Gasteiger partial charge in [-0.3, -0.25) is 4.90 Å². The molecule has 0 bridgehead atoms. The summed E-state index contributed by atoms with van der Waals surface area (Å²) in [6.45, 7) is 4.59. The summed E-state index contributed by atoms with van der Waals surface area (Å²) in [6.07, 6.45) is 4.04. The predicted octanol–water partition coefficient (Wildman–Crippen LogP) is 1.95. The maximum atomic E-state index is 5.93. The van der Waals surface area contributed by atoms with Crippen LogP contribution in [0.15, 0.2) is 18.2 Å². The van der Waals surface area contributed by atoms with Crippen LogP contribution in [-0.4, -0.2) is 44.2 Å². The van der Waals surface area contributed by atoms with Gasteiger partial charge in [-0.2, -0.15) is 0 Å². The molecule has 1 unspecified atom stereocenters. The molecule has 1 atom stereocenters. The van der Waals surface area contributed by atoms with Gasteiger partial charge in [0.1, 0.15) is 5.75 Å². The van der Waals surface area contributed by atoms with Crippen molar-refractivity contribution >= 4 is 11.4 Å². The maximum Gasteiger partial charge on any atom is 0.142 e. The van der Waals surface area contributed by atoms with Crippen molar-refractivity contribution in [1.82, 2.24) is 4.90 Å². The summed E-state index contributed by atoms with van der Waals surface area (Å²) in [5, 5.41) is 0. The number of fused-ring (bicyclic) bond motifs is 1. The number of ether oxygens (including phenoxy) is 1. The summed E-state index contributed by atoms with van der Waals surface area (Å²) in [5.41, 5.74) is 7.88. The lowest BCUT2D eigenvalue weighted by Gasteiger charge is -2.45. The third kappa shape index (κ3) is 2.50. The van der Waals surface area contributed by atoms with E-state index >= 15 is 0 Å². The highest BCUT2D eigenvalue weighted by molar-refractivity contribution is 5.65. The van der Waals surface area contributed by atoms with Gasteiger partial charge in [0.2, 0.25) is 0 Å². The van der Waals surface area contributed by atoms with Gasteiger partial charge < -0.3 is 15.4 Å². The van der Waals surface area contributed by atoms with E-state index in [4.69, 9.17) is 10.5 Å². The van der Waals surface area contributed by atoms with Crippen LogP contribution in [0.2, 0.25) is 0 Å². The molecule has 104 valence electrons. The molecule has 1 aromatic rings. The van der Waals surface area contributed by atoms with Gasteiger partial charge in [-0.05, 0) is 37.6 Å². The van der Waals surface area contributed by atoms with Gasteiger partial charge in [0.25, 0.3) is 0 Å². The standard InChI is InChI=1S/C15H23N3O/c1-19-15-6-5-12(16)10-14(15)18-9-8-17-7-3-2-4-13(17)11-18/h5-6,10,13H,2-4,7-9,11,16H2,1H3. The Morgan fingerprint density at radius 1 is 1.21 bits per heavy atom. The molecule has 0 aliphatic carbocycles. The largest absolute Gasteiger partial charge is 0.495 e. The van der Waals surface area contributed by atoms with Crippen LogP contribution in [0.1, 0.15) is 19.3 Å². The topological polar surface area (TPSA) is 41.7 Å². The molecule has 3 rings (SSSR count). The third-order valence-corrected chi connectivity index (χ3v) is 4.38. The Bertz CT molecular complexity index is 449. The molecule has 2 fully saturated rings. The summed E-state index contributed by atoms with van der Waals surface area (Å²) in [4.78, 5) is 5.07. The number of piperazine rings is 1. The first-order chi connectivity index (χ1) is 9.28. The second kappa shape index (κ2) is 5.29. The quantitative estimate of drug-likeness (QED) is 0.826. The Kier molecular flexibility index (Phi) is 3.51. The number of hydrogen-bond donors (Lipinski definition) is 1. The van der Waals surface area contributed by atoms with Crippen molar-refractivity contribution in [1.29, 1.82) is 0 Å². The molecule has 2 heterocycles. The van der Waals surface area contributed by atoms with Gasteiger partial charge in [-0.1, -0.05) is 6.42 Å². The summed E-state index contributed by atoms with van der Waals surface area (Å²) in [6, 6.07) is 6.61. The van der Waals surface area contributed by atoms with Crippen LogP contribution in [0.4, 0.5) is 11.4 Å². The second-order valence-electron chi connectivity index (χ2n) is 5.56. The molecule has 0 spiro atoms. The zero-order valence-electron chi connectivity index (χ0n) is 11.6. The fourth-order valence-electron chi connectivity index (χ4n) is 3.33. The number of nitrogens with zero attached hydrogens (tertiary/aromatic N) is 2. The molecule has 2 aliphatic heterocycles. The normalized spacial score (nSPS) is 24.1. The molecule has 19 heavy (non-hydrogen) atoms. The summed E-state index contributed by atoms with van der Waals surface area (Å²) < 4.78 is 5.48. The van der Waals surface area contributed by atoms with Gasteiger partial charge in [0.15, 0.2) is 0 Å². The molecule has 2 aliphatic rings. The number of methoxy groups -OCH3 is 1. The van der Waals surface area contributed by atoms with Crippen LogP contribution in [-0.2, 0) is 0 Å². The Hall–Kier alpha value is -1.42. The molecule has 2 N–H and O–H groups in total. The Morgan fingerprint density at radius 3 is 2.95 bits per heavy atom. The van der Waals surface area contributed by atoms with Crippen molar-refractivity contribution in [2.24, 2.45) is 0 Å². The van der Waals surface area contributed by atoms with Crippen molar-refractivity contribution in [2.45, 2.75) is 25.3 Å². The van der Waals surface area contributed by atoms with Gasteiger partial charge in [-0.15, -0.1) is 0 Å². The molecule has 0 radical (unpaired) electrons. The molecule has 4 heteroatoms. The van der Waals surface area contributed by atoms with E-state index in [0.29, 0.717) is 6.04 Å². The number of hydrogen-bond acceptors (Lipinski definition) is 4. The highest BCUT2D eigenvalue weighted by Crippen LogP contribution is 2.33. The zero-order chi connectivity index (χ0) is 13.2. The van der Waals surface area contributed by atoms with Crippen LogP contribution in [0, 0.1) is 0 Å². The van der Waals surface area contributed by atoms with E-state index < -0.39 is 0 Å². The number of anilines is 2. The lowest BCUT2D eigenvalue weighted by Crippen LogP contribution is -2.54. The fraction of sp³-hybridized carbons (Fsp3) is 0.600. The molecule has 0 saturated carbocycles. The van der Waals surface area contributed by atoms with Gasteiger partial charge in [0, 0.05) is 31.4 Å². The molecular weight excluding hydrogens is 238 g/mol. The molecule has 4 nitrogen and oxygen atoms in total. The van der Waals surface area contributed by atoms with Gasteiger partial charge in [-0.25, -0.2) is 0 Å². The minimum absolute atomic E-state index is 0.702. The summed E-state index contributed by atoms with van der Waals surface area (Å²) in [5.74, 6) is 0.929. The monoisotopic (exact) mass is 261 g/mol. The number of benzene rings is 1. The SMILES string of the molecule is COc1ccc(N)cc1N1CCN2CCCCC2C1. The van der Waals surface area contributed by atoms with Crippen LogP contribution in [0.3, 0.4) is 0 Å². The van der Waals surface area contributed by atoms with Crippen LogP contribution in [0.25, 0.3) is 0 Å². The Labute approximate surface area is 115 Å². The average molecular weight is 261 g/mol. The van der Waals surface area contributed by atoms with Crippen molar-refractivity contribution in [3.8, 4) is 5.75 Å². The van der Waals surface area contributed by atoms with Gasteiger partial charge in [0.05, 0.1) is 12.8 Å². The third-order valence-electron chi connectivity index (χ3n) is 4.38. The van der Waals surface area contributed by atoms with Crippen molar-refractivity contribution < 1.29 is 4.74 Å². The lowest BCUT2D eigenvalue weighted by molar-refractivity contribution is 0.133.